The van der Waals surface area contributed by atoms with Crippen LogP contribution in [0.1, 0.15) is 18.1 Å². The smallest absolute Gasteiger partial charge is 0.165 e. The Labute approximate surface area is 90.0 Å². The molecule has 1 aromatic carbocycles. The molecule has 1 N–H and O–H groups in total. The number of ether oxygens (including phenoxy) is 2. The number of phenolic OH excluding ortho intramolecular Hbond substituents is 1. The molecular weight excluding hydrogens is 192 g/mol. The van der Waals surface area contributed by atoms with Gasteiger partial charge in [-0.1, -0.05) is 12.2 Å². The molecule has 1 rings (SSSR count). The maximum Gasteiger partial charge on any atom is 0.165 e. The molecule has 0 aliphatic rings. The van der Waals surface area contributed by atoms with E-state index in [0.29, 0.717) is 12.4 Å². The molecule has 0 bridgehead atoms. The maximum absolute atomic E-state index is 9.80. The van der Waals surface area contributed by atoms with E-state index < -0.39 is 0 Å². The van der Waals surface area contributed by atoms with E-state index in [0.717, 1.165) is 11.1 Å². The van der Waals surface area contributed by atoms with E-state index in [1.807, 2.05) is 25.1 Å². The second-order valence-electron chi connectivity index (χ2n) is 3.17. The summed E-state index contributed by atoms with van der Waals surface area (Å²) in [6.07, 6.45) is 3.70. The highest BCUT2D eigenvalue weighted by molar-refractivity contribution is 5.62. The molecule has 0 heterocycles. The molecule has 0 radical (unpaired) electrons. The minimum absolute atomic E-state index is 0.162. The zero-order chi connectivity index (χ0) is 11.3. The molecule has 3 nitrogen and oxygen atoms in total. The molecule has 0 amide bonds. The molecule has 0 aliphatic carbocycles. The fourth-order valence-electron chi connectivity index (χ4n) is 1.40. The Hall–Kier alpha value is -1.48. The normalized spacial score (nSPS) is 10.9. The fraction of sp³-hybridized carbons (Fsp3) is 0.333. The lowest BCUT2D eigenvalue weighted by molar-refractivity contribution is 0.184. The molecule has 3 heteroatoms. The minimum Gasteiger partial charge on any atom is -0.504 e. The number of rotatable bonds is 4. The summed E-state index contributed by atoms with van der Waals surface area (Å²) in [7, 11) is 3.17. The monoisotopic (exact) mass is 208 g/mol. The van der Waals surface area contributed by atoms with Crippen molar-refractivity contribution in [1.82, 2.24) is 0 Å². The summed E-state index contributed by atoms with van der Waals surface area (Å²) in [6, 6.07) is 3.65. The van der Waals surface area contributed by atoms with Gasteiger partial charge in [-0.2, -0.15) is 0 Å². The third-order valence-electron chi connectivity index (χ3n) is 2.04. The number of hydrogen-bond donors (Lipinski definition) is 1. The number of hydrogen-bond acceptors (Lipinski definition) is 3. The lowest BCUT2D eigenvalue weighted by Gasteiger charge is -2.09. The summed E-state index contributed by atoms with van der Waals surface area (Å²) in [5.41, 5.74) is 1.71. The Morgan fingerprint density at radius 1 is 1.33 bits per heavy atom. The molecule has 0 saturated heterocycles. The van der Waals surface area contributed by atoms with Crippen molar-refractivity contribution in [1.29, 1.82) is 0 Å². The van der Waals surface area contributed by atoms with Gasteiger partial charge in [-0.15, -0.1) is 0 Å². The molecule has 0 aromatic heterocycles. The SMILES string of the molecule is C/C=C/c1cc(COC)cc(OC)c1O. The molecule has 82 valence electrons. The number of methoxy groups -OCH3 is 2. The summed E-state index contributed by atoms with van der Waals surface area (Å²) < 4.78 is 10.1. The summed E-state index contributed by atoms with van der Waals surface area (Å²) in [4.78, 5) is 0. The van der Waals surface area contributed by atoms with Crippen LogP contribution in [0.25, 0.3) is 6.08 Å². The van der Waals surface area contributed by atoms with Gasteiger partial charge in [-0.3, -0.25) is 0 Å². The molecule has 0 atom stereocenters. The van der Waals surface area contributed by atoms with Gasteiger partial charge in [0.05, 0.1) is 13.7 Å². The van der Waals surface area contributed by atoms with E-state index >= 15 is 0 Å². The number of allylic oxidation sites excluding steroid dienone is 1. The van der Waals surface area contributed by atoms with Gasteiger partial charge in [0.25, 0.3) is 0 Å². The number of phenols is 1. The third kappa shape index (κ3) is 2.73. The minimum atomic E-state index is 0.162. The molecule has 0 spiro atoms. The van der Waals surface area contributed by atoms with Crippen molar-refractivity contribution >= 4 is 6.08 Å². The predicted octanol–water partition coefficient (Wildman–Crippen LogP) is 2.58. The van der Waals surface area contributed by atoms with Crippen LogP contribution >= 0.6 is 0 Å². The maximum atomic E-state index is 9.80. The van der Waals surface area contributed by atoms with Crippen LogP contribution in [0.2, 0.25) is 0 Å². The van der Waals surface area contributed by atoms with Crippen molar-refractivity contribution in [2.45, 2.75) is 13.5 Å². The highest BCUT2D eigenvalue weighted by Gasteiger charge is 2.08. The van der Waals surface area contributed by atoms with Crippen molar-refractivity contribution in [3.05, 3.63) is 29.3 Å². The average Bonchev–Trinajstić information content (AvgIpc) is 2.23. The van der Waals surface area contributed by atoms with E-state index in [4.69, 9.17) is 9.47 Å². The van der Waals surface area contributed by atoms with Crippen molar-refractivity contribution < 1.29 is 14.6 Å². The summed E-state index contributed by atoms with van der Waals surface area (Å²) >= 11 is 0. The molecular formula is C12H16O3. The Morgan fingerprint density at radius 2 is 2.07 bits per heavy atom. The van der Waals surface area contributed by atoms with Gasteiger partial charge in [0.2, 0.25) is 0 Å². The van der Waals surface area contributed by atoms with Crippen molar-refractivity contribution in [3.63, 3.8) is 0 Å². The molecule has 0 saturated carbocycles. The van der Waals surface area contributed by atoms with Crippen LogP contribution in [0.4, 0.5) is 0 Å². The fourth-order valence-corrected chi connectivity index (χ4v) is 1.40. The van der Waals surface area contributed by atoms with Crippen LogP contribution in [-0.4, -0.2) is 19.3 Å². The van der Waals surface area contributed by atoms with Gasteiger partial charge < -0.3 is 14.6 Å². The van der Waals surface area contributed by atoms with Crippen LogP contribution in [0.5, 0.6) is 11.5 Å². The topological polar surface area (TPSA) is 38.7 Å². The first-order chi connectivity index (χ1) is 7.22. The quantitative estimate of drug-likeness (QED) is 0.826. The Kier molecular flexibility index (Phi) is 4.18. The summed E-state index contributed by atoms with van der Waals surface area (Å²) in [5.74, 6) is 0.633. The van der Waals surface area contributed by atoms with Crippen LogP contribution < -0.4 is 4.74 Å². The van der Waals surface area contributed by atoms with Gasteiger partial charge in [0.1, 0.15) is 0 Å². The van der Waals surface area contributed by atoms with Crippen molar-refractivity contribution in [3.8, 4) is 11.5 Å². The standard InChI is InChI=1S/C12H16O3/c1-4-5-10-6-9(8-14-2)7-11(15-3)12(10)13/h4-7,13H,8H2,1-3H3/b5-4+. The Bertz CT molecular complexity index is 356. The first-order valence-corrected chi connectivity index (χ1v) is 4.74. The average molecular weight is 208 g/mol. The second kappa shape index (κ2) is 5.41. The van der Waals surface area contributed by atoms with E-state index in [1.54, 1.807) is 13.2 Å². The van der Waals surface area contributed by atoms with E-state index in [9.17, 15) is 5.11 Å². The van der Waals surface area contributed by atoms with Crippen molar-refractivity contribution in [2.75, 3.05) is 14.2 Å². The van der Waals surface area contributed by atoms with Crippen LogP contribution in [0, 0.1) is 0 Å². The third-order valence-corrected chi connectivity index (χ3v) is 2.04. The molecule has 0 aliphatic heterocycles. The van der Waals surface area contributed by atoms with Gasteiger partial charge >= 0.3 is 0 Å². The molecule has 0 unspecified atom stereocenters. The summed E-state index contributed by atoms with van der Waals surface area (Å²) in [6.45, 7) is 2.40. The van der Waals surface area contributed by atoms with Crippen LogP contribution in [-0.2, 0) is 11.3 Å². The predicted molar refractivity (Wildman–Crippen MR) is 60.1 cm³/mol. The second-order valence-corrected chi connectivity index (χ2v) is 3.17. The lowest BCUT2D eigenvalue weighted by Crippen LogP contribution is -1.92. The first-order valence-electron chi connectivity index (χ1n) is 4.74. The molecule has 1 aromatic rings. The van der Waals surface area contributed by atoms with Gasteiger partial charge in [0.15, 0.2) is 11.5 Å². The highest BCUT2D eigenvalue weighted by atomic mass is 16.5. The van der Waals surface area contributed by atoms with Gasteiger partial charge in [0, 0.05) is 12.7 Å². The molecule has 15 heavy (non-hydrogen) atoms. The lowest BCUT2D eigenvalue weighted by atomic mass is 10.1. The number of aromatic hydroxyl groups is 1. The number of benzene rings is 1. The zero-order valence-corrected chi connectivity index (χ0v) is 9.28. The zero-order valence-electron chi connectivity index (χ0n) is 9.28. The van der Waals surface area contributed by atoms with Gasteiger partial charge in [-0.25, -0.2) is 0 Å². The van der Waals surface area contributed by atoms with E-state index in [1.165, 1.54) is 7.11 Å². The largest absolute Gasteiger partial charge is 0.504 e. The first kappa shape index (κ1) is 11.6. The van der Waals surface area contributed by atoms with E-state index in [2.05, 4.69) is 0 Å². The van der Waals surface area contributed by atoms with E-state index in [-0.39, 0.29) is 5.75 Å². The summed E-state index contributed by atoms with van der Waals surface area (Å²) in [5, 5.41) is 9.80. The Morgan fingerprint density at radius 3 is 2.60 bits per heavy atom. The Balaban J connectivity index is 3.18. The van der Waals surface area contributed by atoms with Gasteiger partial charge in [-0.05, 0) is 24.6 Å². The van der Waals surface area contributed by atoms with Crippen LogP contribution in [0.3, 0.4) is 0 Å². The highest BCUT2D eigenvalue weighted by Crippen LogP contribution is 2.32. The van der Waals surface area contributed by atoms with Crippen LogP contribution in [0.15, 0.2) is 18.2 Å². The van der Waals surface area contributed by atoms with Crippen molar-refractivity contribution in [2.24, 2.45) is 0 Å². The molecule has 0 fully saturated rings.